The Morgan fingerprint density at radius 1 is 1.00 bits per heavy atom. The van der Waals surface area contributed by atoms with Crippen molar-refractivity contribution >= 4 is 43.7 Å². The van der Waals surface area contributed by atoms with E-state index in [1.807, 2.05) is 0 Å². The van der Waals surface area contributed by atoms with Gasteiger partial charge in [-0.1, -0.05) is 45.9 Å². The Kier molecular flexibility index (Phi) is 13.1. The molecule has 1 saturated carbocycles. The lowest BCUT2D eigenvalue weighted by Crippen LogP contribution is -2.53. The lowest BCUT2D eigenvalue weighted by molar-refractivity contribution is -0.176. The summed E-state index contributed by atoms with van der Waals surface area (Å²) in [4.78, 5) is 48.0. The SMILES string of the molecule is C=NC[C@]1(COP(=O)(N[C@@H](C)C(=O)OC2CCC(N)CC2)Oc2ccccc2)O[C@@H](c2ccc3c(N)ncnn23)[C@H](OC(=O)C(C)C)[C@@H]1OC(=O)C(C)C. The summed E-state index contributed by atoms with van der Waals surface area (Å²) in [5, 5.41) is 7.04. The van der Waals surface area contributed by atoms with Gasteiger partial charge in [-0.2, -0.15) is 10.2 Å². The molecule has 294 valence electrons. The van der Waals surface area contributed by atoms with Crippen LogP contribution in [0.4, 0.5) is 5.82 Å². The maximum absolute atomic E-state index is 14.7. The van der Waals surface area contributed by atoms with Crippen LogP contribution in [0.1, 0.15) is 72.1 Å². The van der Waals surface area contributed by atoms with Gasteiger partial charge in [-0.15, -0.1) is 0 Å². The Morgan fingerprint density at radius 2 is 1.67 bits per heavy atom. The molecule has 5 rings (SSSR count). The summed E-state index contributed by atoms with van der Waals surface area (Å²) >= 11 is 0. The van der Waals surface area contributed by atoms with Crippen molar-refractivity contribution in [2.75, 3.05) is 18.9 Å². The van der Waals surface area contributed by atoms with Gasteiger partial charge in [0.05, 0.1) is 30.7 Å². The van der Waals surface area contributed by atoms with E-state index in [4.69, 9.17) is 39.5 Å². The van der Waals surface area contributed by atoms with Gasteiger partial charge < -0.3 is 34.9 Å². The second-order valence-corrected chi connectivity index (χ2v) is 15.9. The molecule has 0 spiro atoms. The molecule has 6 atom stereocenters. The minimum Gasteiger partial charge on any atom is -0.461 e. The first-order valence-electron chi connectivity index (χ1n) is 18.0. The highest BCUT2D eigenvalue weighted by Gasteiger charge is 2.61. The van der Waals surface area contributed by atoms with Gasteiger partial charge in [0.25, 0.3) is 0 Å². The number of carbonyl (C=O) groups excluding carboxylic acids is 3. The standard InChI is InChI=1S/C36H50N7O10P/c1-21(2)33(44)50-30-29(27-16-17-28-32(38)40-20-41-43(27)28)52-36(18-39-6,31(30)51-34(45)22(3)4)19-48-54(47,53-26-10-8-7-9-11-26)42-23(5)35(46)49-25-14-12-24(37)13-15-25/h7-11,16-17,20-25,29-31H,6,12-15,18-19,37H2,1-5H3,(H,42,47)(H2,38,40,41)/t23-,24?,25?,29-,30-,31-,36+,54?/m0/s1. The average Bonchev–Trinajstić information content (AvgIpc) is 3.69. The fourth-order valence-corrected chi connectivity index (χ4v) is 7.78. The van der Waals surface area contributed by atoms with E-state index in [9.17, 15) is 18.9 Å². The van der Waals surface area contributed by atoms with Crippen LogP contribution >= 0.6 is 7.75 Å². The first-order valence-corrected chi connectivity index (χ1v) is 19.5. The number of nitrogens with zero attached hydrogens (tertiary/aromatic N) is 4. The number of carbonyl (C=O) groups is 3. The predicted octanol–water partition coefficient (Wildman–Crippen LogP) is 3.95. The fourth-order valence-electron chi connectivity index (χ4n) is 6.24. The Morgan fingerprint density at radius 3 is 2.31 bits per heavy atom. The van der Waals surface area contributed by atoms with Crippen LogP contribution in [-0.2, 0) is 42.4 Å². The molecule has 0 radical (unpaired) electrons. The number of rotatable bonds is 16. The normalized spacial score (nSPS) is 25.9. The van der Waals surface area contributed by atoms with E-state index in [-0.39, 0.29) is 30.3 Å². The number of nitrogen functional groups attached to an aromatic ring is 1. The van der Waals surface area contributed by atoms with Gasteiger partial charge in [0.1, 0.15) is 35.8 Å². The zero-order chi connectivity index (χ0) is 39.2. The van der Waals surface area contributed by atoms with Gasteiger partial charge in [-0.05, 0) is 63.6 Å². The molecule has 54 heavy (non-hydrogen) atoms. The van der Waals surface area contributed by atoms with E-state index >= 15 is 0 Å². The van der Waals surface area contributed by atoms with Crippen LogP contribution in [0, 0.1) is 11.8 Å². The number of ether oxygens (including phenoxy) is 4. The van der Waals surface area contributed by atoms with Gasteiger partial charge in [0, 0.05) is 6.04 Å². The monoisotopic (exact) mass is 771 g/mol. The maximum atomic E-state index is 14.7. The van der Waals surface area contributed by atoms with Crippen molar-refractivity contribution in [1.82, 2.24) is 19.7 Å². The summed E-state index contributed by atoms with van der Waals surface area (Å²) < 4.78 is 52.9. The average molecular weight is 772 g/mol. The van der Waals surface area contributed by atoms with Gasteiger partial charge in [0.15, 0.2) is 23.6 Å². The molecular formula is C36H50N7O10P. The number of esters is 3. The summed E-state index contributed by atoms with van der Waals surface area (Å²) in [6, 6.07) is 10.4. The number of nitrogens with two attached hydrogens (primary N) is 2. The Bertz CT molecular complexity index is 1830. The van der Waals surface area contributed by atoms with Crippen LogP contribution in [0.3, 0.4) is 0 Å². The number of hydrogen-bond donors (Lipinski definition) is 3. The van der Waals surface area contributed by atoms with Crippen LogP contribution in [0.2, 0.25) is 0 Å². The molecule has 2 fully saturated rings. The molecule has 0 amide bonds. The molecule has 1 aliphatic carbocycles. The molecule has 18 heteroatoms. The van der Waals surface area contributed by atoms with Crippen LogP contribution in [0.25, 0.3) is 5.52 Å². The van der Waals surface area contributed by atoms with Crippen molar-refractivity contribution in [1.29, 1.82) is 0 Å². The Hall–Kier alpha value is -4.41. The van der Waals surface area contributed by atoms with Crippen LogP contribution in [0.5, 0.6) is 5.75 Å². The number of anilines is 1. The van der Waals surface area contributed by atoms with Gasteiger partial charge in [0.2, 0.25) is 0 Å². The minimum atomic E-state index is -4.50. The zero-order valence-corrected chi connectivity index (χ0v) is 32.1. The zero-order valence-electron chi connectivity index (χ0n) is 31.2. The van der Waals surface area contributed by atoms with Crippen molar-refractivity contribution in [3.8, 4) is 5.75 Å². The van der Waals surface area contributed by atoms with Crippen molar-refractivity contribution in [3.63, 3.8) is 0 Å². The summed E-state index contributed by atoms with van der Waals surface area (Å²) in [5.41, 5.74) is 11.2. The van der Waals surface area contributed by atoms with E-state index in [1.54, 1.807) is 70.2 Å². The van der Waals surface area contributed by atoms with Gasteiger partial charge in [-0.3, -0.25) is 23.9 Å². The number of hydrogen-bond acceptors (Lipinski definition) is 15. The summed E-state index contributed by atoms with van der Waals surface area (Å²) in [6.07, 6.45) is -0.260. The Balaban J connectivity index is 1.53. The van der Waals surface area contributed by atoms with Crippen LogP contribution < -0.4 is 21.1 Å². The number of aromatic nitrogens is 3. The fraction of sp³-hybridized carbons (Fsp3) is 0.556. The van der Waals surface area contributed by atoms with Crippen LogP contribution in [-0.4, -0.2) is 88.4 Å². The third-order valence-corrected chi connectivity index (χ3v) is 10.9. The van der Waals surface area contributed by atoms with E-state index in [2.05, 4.69) is 26.9 Å². The maximum Gasteiger partial charge on any atom is 0.459 e. The van der Waals surface area contributed by atoms with Gasteiger partial charge >= 0.3 is 25.7 Å². The topological polar surface area (TPSA) is 230 Å². The molecule has 5 N–H and O–H groups in total. The lowest BCUT2D eigenvalue weighted by Gasteiger charge is -2.35. The molecule has 1 aromatic carbocycles. The second-order valence-electron chi connectivity index (χ2n) is 14.3. The molecule has 1 aliphatic heterocycles. The lowest BCUT2D eigenvalue weighted by atomic mass is 9.93. The Labute approximate surface area is 314 Å². The van der Waals surface area contributed by atoms with E-state index < -0.39 is 74.1 Å². The van der Waals surface area contributed by atoms with Crippen molar-refractivity contribution in [2.45, 2.75) is 102 Å². The molecule has 2 aliphatic rings. The molecule has 1 unspecified atom stereocenters. The largest absolute Gasteiger partial charge is 0.461 e. The number of nitrogens with one attached hydrogen (secondary N) is 1. The highest BCUT2D eigenvalue weighted by Crippen LogP contribution is 2.50. The third-order valence-electron chi connectivity index (χ3n) is 9.25. The highest BCUT2D eigenvalue weighted by atomic mass is 31.2. The van der Waals surface area contributed by atoms with Crippen molar-refractivity contribution in [3.05, 3.63) is 54.5 Å². The van der Waals surface area contributed by atoms with E-state index in [0.717, 1.165) is 0 Å². The smallest absolute Gasteiger partial charge is 0.459 e. The molecule has 3 heterocycles. The second kappa shape index (κ2) is 17.4. The molecule has 0 bridgehead atoms. The predicted molar refractivity (Wildman–Crippen MR) is 197 cm³/mol. The van der Waals surface area contributed by atoms with E-state index in [1.165, 1.54) is 17.8 Å². The number of benzene rings is 1. The number of fused-ring (bicyclic) bond motifs is 1. The quantitative estimate of drug-likeness (QED) is 0.0810. The first-order chi connectivity index (χ1) is 25.6. The molecule has 1 saturated heterocycles. The van der Waals surface area contributed by atoms with Gasteiger partial charge in [-0.25, -0.2) is 14.1 Å². The summed E-state index contributed by atoms with van der Waals surface area (Å²) in [6.45, 7) is 10.8. The molecule has 2 aromatic heterocycles. The van der Waals surface area contributed by atoms with Crippen molar-refractivity contribution < 1.29 is 46.9 Å². The number of aliphatic imine (C=N–C) groups is 1. The molecule has 17 nitrogen and oxygen atoms in total. The minimum absolute atomic E-state index is 0.0538. The summed E-state index contributed by atoms with van der Waals surface area (Å²) in [5.74, 6) is -2.75. The van der Waals surface area contributed by atoms with Crippen molar-refractivity contribution in [2.24, 2.45) is 22.6 Å². The third kappa shape index (κ3) is 9.44. The van der Waals surface area contributed by atoms with Crippen LogP contribution in [0.15, 0.2) is 53.8 Å². The number of para-hydroxylation sites is 1. The molecular weight excluding hydrogens is 721 g/mol. The highest BCUT2D eigenvalue weighted by molar-refractivity contribution is 7.52. The first kappa shape index (κ1) is 40.8. The molecule has 3 aromatic rings. The van der Waals surface area contributed by atoms with E-state index in [0.29, 0.717) is 36.9 Å². The summed E-state index contributed by atoms with van der Waals surface area (Å²) in [7, 11) is -4.50.